The Bertz CT molecular complexity index is 405. The van der Waals surface area contributed by atoms with Gasteiger partial charge in [0.15, 0.2) is 0 Å². The van der Waals surface area contributed by atoms with E-state index >= 15 is 0 Å². The zero-order valence-electron chi connectivity index (χ0n) is 8.27. The highest BCUT2D eigenvalue weighted by molar-refractivity contribution is 9.10. The zero-order valence-corrected chi connectivity index (χ0v) is 10.6. The Labute approximate surface area is 98.1 Å². The summed E-state index contributed by atoms with van der Waals surface area (Å²) < 4.78 is 1.06. The van der Waals surface area contributed by atoms with E-state index in [9.17, 15) is 0 Å². The molecule has 74 valence electrons. The monoisotopic (exact) mass is 270 g/mol. The quantitative estimate of drug-likeness (QED) is 0.694. The fourth-order valence-electron chi connectivity index (χ4n) is 1.94. The molecule has 1 aromatic carbocycles. The largest absolute Gasteiger partial charge is 0.0840 e. The van der Waals surface area contributed by atoms with Gasteiger partial charge in [0, 0.05) is 9.50 Å². The molecule has 0 nitrogen and oxygen atoms in total. The van der Waals surface area contributed by atoms with Crippen molar-refractivity contribution in [2.75, 3.05) is 0 Å². The fourth-order valence-corrected chi connectivity index (χ4v) is 2.82. The van der Waals surface area contributed by atoms with E-state index in [1.807, 2.05) is 6.07 Å². The topological polar surface area (TPSA) is 0 Å². The molecule has 0 aromatic heterocycles. The molecule has 0 saturated carbocycles. The first kappa shape index (κ1) is 10.3. The van der Waals surface area contributed by atoms with Crippen molar-refractivity contribution in [1.29, 1.82) is 0 Å². The molecule has 0 fully saturated rings. The van der Waals surface area contributed by atoms with Crippen molar-refractivity contribution in [1.82, 2.24) is 0 Å². The lowest BCUT2D eigenvalue weighted by molar-refractivity contribution is 0.857. The van der Waals surface area contributed by atoms with E-state index in [1.54, 1.807) is 0 Å². The first-order valence-electron chi connectivity index (χ1n) is 4.78. The predicted octanol–water partition coefficient (Wildman–Crippen LogP) is 4.70. The van der Waals surface area contributed by atoms with Crippen LogP contribution < -0.4 is 0 Å². The summed E-state index contributed by atoms with van der Waals surface area (Å²) in [6, 6.07) is 4.14. The molecule has 1 aliphatic rings. The lowest BCUT2D eigenvalue weighted by Crippen LogP contribution is -1.92. The summed E-state index contributed by atoms with van der Waals surface area (Å²) in [5, 5.41) is 0.876. The number of fused-ring (bicyclic) bond motifs is 1. The average molecular weight is 272 g/mol. The third-order valence-electron chi connectivity index (χ3n) is 2.62. The number of allylic oxidation sites excluding steroid dienone is 2. The number of hydrogen-bond donors (Lipinski definition) is 0. The van der Waals surface area contributed by atoms with Gasteiger partial charge in [-0.15, -0.1) is 0 Å². The van der Waals surface area contributed by atoms with E-state index in [4.69, 9.17) is 11.6 Å². The summed E-state index contributed by atoms with van der Waals surface area (Å²) in [7, 11) is 0. The lowest BCUT2D eigenvalue weighted by atomic mass is 9.97. The summed E-state index contributed by atoms with van der Waals surface area (Å²) in [6.45, 7) is 4.44. The zero-order chi connectivity index (χ0) is 10.3. The molecular formula is C12H12BrCl. The Morgan fingerprint density at radius 3 is 2.71 bits per heavy atom. The Morgan fingerprint density at radius 1 is 1.36 bits per heavy atom. The van der Waals surface area contributed by atoms with Crippen LogP contribution >= 0.6 is 27.5 Å². The Balaban J connectivity index is 2.55. The third-order valence-corrected chi connectivity index (χ3v) is 3.41. The Hall–Kier alpha value is -0.270. The van der Waals surface area contributed by atoms with Crippen LogP contribution in [0.3, 0.4) is 0 Å². The van der Waals surface area contributed by atoms with Crippen molar-refractivity contribution in [2.24, 2.45) is 5.92 Å². The number of halogens is 2. The minimum absolute atomic E-state index is 0.571. The highest BCUT2D eigenvalue weighted by atomic mass is 79.9. The molecule has 0 saturated heterocycles. The molecular weight excluding hydrogens is 259 g/mol. The second-order valence-corrected chi connectivity index (χ2v) is 5.25. The van der Waals surface area contributed by atoms with Crippen molar-refractivity contribution in [3.8, 4) is 0 Å². The number of hydrogen-bond acceptors (Lipinski definition) is 0. The molecule has 0 radical (unpaired) electrons. The van der Waals surface area contributed by atoms with Crippen molar-refractivity contribution in [2.45, 2.75) is 20.3 Å². The molecule has 0 N–H and O–H groups in total. The van der Waals surface area contributed by atoms with Gasteiger partial charge in [0.1, 0.15) is 0 Å². The van der Waals surface area contributed by atoms with Crippen molar-refractivity contribution >= 4 is 33.1 Å². The van der Waals surface area contributed by atoms with E-state index in [1.165, 1.54) is 16.7 Å². The maximum atomic E-state index is 6.18. The minimum Gasteiger partial charge on any atom is -0.0840 e. The second kappa shape index (κ2) is 3.71. The first-order valence-corrected chi connectivity index (χ1v) is 5.95. The third kappa shape index (κ3) is 1.64. The molecule has 0 amide bonds. The van der Waals surface area contributed by atoms with E-state index in [0.29, 0.717) is 5.92 Å². The minimum atomic E-state index is 0.571. The molecule has 0 unspecified atom stereocenters. The normalized spacial score (nSPS) is 14.5. The van der Waals surface area contributed by atoms with E-state index in [0.717, 1.165) is 15.9 Å². The molecule has 2 heteroatoms. The maximum Gasteiger partial charge on any atom is 0.0458 e. The van der Waals surface area contributed by atoms with Crippen molar-refractivity contribution in [3.63, 3.8) is 0 Å². The van der Waals surface area contributed by atoms with Gasteiger partial charge in [-0.3, -0.25) is 0 Å². The van der Waals surface area contributed by atoms with Crippen LogP contribution in [0.2, 0.25) is 5.02 Å². The first-order chi connectivity index (χ1) is 6.59. The van der Waals surface area contributed by atoms with Crippen LogP contribution in [0.25, 0.3) is 5.57 Å². The van der Waals surface area contributed by atoms with Gasteiger partial charge in [0.05, 0.1) is 0 Å². The smallest absolute Gasteiger partial charge is 0.0458 e. The van der Waals surface area contributed by atoms with Gasteiger partial charge in [0.2, 0.25) is 0 Å². The number of benzene rings is 1. The van der Waals surface area contributed by atoms with Crippen LogP contribution in [0.5, 0.6) is 0 Å². The highest BCUT2D eigenvalue weighted by Crippen LogP contribution is 2.38. The van der Waals surface area contributed by atoms with Crippen LogP contribution in [-0.2, 0) is 6.42 Å². The van der Waals surface area contributed by atoms with Crippen LogP contribution in [0.15, 0.2) is 22.7 Å². The summed E-state index contributed by atoms with van der Waals surface area (Å²) in [6.07, 6.45) is 3.27. The Kier molecular flexibility index (Phi) is 2.72. The average Bonchev–Trinajstić information content (AvgIpc) is 2.47. The molecule has 0 bridgehead atoms. The standard InChI is InChI=1S/C12H12BrCl/c1-7(2)9-3-4-10-11(9)5-8(13)6-12(10)14/h3,5-7H,4H2,1-2H3. The van der Waals surface area contributed by atoms with Crippen LogP contribution in [0.4, 0.5) is 0 Å². The SMILES string of the molecule is CC(C)C1=CCc2c(Cl)cc(Br)cc21. The summed E-state index contributed by atoms with van der Waals surface area (Å²) in [5.41, 5.74) is 4.01. The van der Waals surface area contributed by atoms with Crippen LogP contribution in [0.1, 0.15) is 25.0 Å². The molecule has 2 rings (SSSR count). The molecule has 0 spiro atoms. The van der Waals surface area contributed by atoms with E-state index in [-0.39, 0.29) is 0 Å². The summed E-state index contributed by atoms with van der Waals surface area (Å²) >= 11 is 9.66. The number of rotatable bonds is 1. The van der Waals surface area contributed by atoms with Gasteiger partial charge < -0.3 is 0 Å². The molecule has 1 aliphatic carbocycles. The lowest BCUT2D eigenvalue weighted by Gasteiger charge is -2.10. The molecule has 0 atom stereocenters. The second-order valence-electron chi connectivity index (χ2n) is 3.93. The maximum absolute atomic E-state index is 6.18. The summed E-state index contributed by atoms with van der Waals surface area (Å²) in [4.78, 5) is 0. The Morgan fingerprint density at radius 2 is 2.07 bits per heavy atom. The molecule has 14 heavy (non-hydrogen) atoms. The van der Waals surface area contributed by atoms with E-state index < -0.39 is 0 Å². The fraction of sp³-hybridized carbons (Fsp3) is 0.333. The highest BCUT2D eigenvalue weighted by Gasteiger charge is 2.19. The van der Waals surface area contributed by atoms with Crippen molar-refractivity contribution in [3.05, 3.63) is 38.8 Å². The van der Waals surface area contributed by atoms with Crippen molar-refractivity contribution < 1.29 is 0 Å². The van der Waals surface area contributed by atoms with Gasteiger partial charge >= 0.3 is 0 Å². The van der Waals surface area contributed by atoms with Crippen LogP contribution in [-0.4, -0.2) is 0 Å². The van der Waals surface area contributed by atoms with Gasteiger partial charge in [-0.05, 0) is 41.2 Å². The van der Waals surface area contributed by atoms with Gasteiger partial charge in [-0.25, -0.2) is 0 Å². The molecule has 0 aliphatic heterocycles. The van der Waals surface area contributed by atoms with Gasteiger partial charge in [-0.1, -0.05) is 47.5 Å². The predicted molar refractivity (Wildman–Crippen MR) is 65.7 cm³/mol. The van der Waals surface area contributed by atoms with E-state index in [2.05, 4.69) is 41.9 Å². The molecule has 0 heterocycles. The van der Waals surface area contributed by atoms with Crippen LogP contribution in [0, 0.1) is 5.92 Å². The van der Waals surface area contributed by atoms with Gasteiger partial charge in [0.25, 0.3) is 0 Å². The summed E-state index contributed by atoms with van der Waals surface area (Å²) in [5.74, 6) is 0.571. The molecule has 1 aromatic rings. The van der Waals surface area contributed by atoms with Gasteiger partial charge in [-0.2, -0.15) is 0 Å².